The number of hydrogen-bond acceptors (Lipinski definition) is 4. The van der Waals surface area contributed by atoms with E-state index >= 15 is 0 Å². The molecule has 1 fully saturated rings. The summed E-state index contributed by atoms with van der Waals surface area (Å²) < 4.78 is 4.96. The van der Waals surface area contributed by atoms with E-state index in [9.17, 15) is 9.59 Å². The van der Waals surface area contributed by atoms with E-state index in [-0.39, 0.29) is 30.4 Å². The van der Waals surface area contributed by atoms with E-state index in [1.54, 1.807) is 11.8 Å². The Labute approximate surface area is 121 Å². The summed E-state index contributed by atoms with van der Waals surface area (Å²) in [6.45, 7) is 6.87. The van der Waals surface area contributed by atoms with Crippen LogP contribution in [0.3, 0.4) is 0 Å². The number of nitrogens with zero attached hydrogens (tertiary/aromatic N) is 1. The number of ether oxygens (including phenoxy) is 1. The fourth-order valence-electron chi connectivity index (χ4n) is 2.66. The van der Waals surface area contributed by atoms with Crippen molar-refractivity contribution in [3.8, 4) is 0 Å². The summed E-state index contributed by atoms with van der Waals surface area (Å²) in [5.74, 6) is 0.106. The molecule has 1 rings (SSSR count). The Balaban J connectivity index is 2.61. The Morgan fingerprint density at radius 1 is 1.25 bits per heavy atom. The summed E-state index contributed by atoms with van der Waals surface area (Å²) >= 11 is 0. The fourth-order valence-corrected chi connectivity index (χ4v) is 2.66. The molecular weight excluding hydrogens is 256 g/mol. The summed E-state index contributed by atoms with van der Waals surface area (Å²) in [4.78, 5) is 25.9. The van der Waals surface area contributed by atoms with E-state index in [1.165, 1.54) is 0 Å². The van der Waals surface area contributed by atoms with Crippen molar-refractivity contribution in [2.24, 2.45) is 17.6 Å². The Bertz CT molecular complexity index is 323. The summed E-state index contributed by atoms with van der Waals surface area (Å²) in [6.07, 6.45) is 3.45. The Hall–Kier alpha value is -1.10. The first kappa shape index (κ1) is 17.0. The van der Waals surface area contributed by atoms with Crippen molar-refractivity contribution >= 4 is 11.9 Å². The molecule has 0 saturated heterocycles. The van der Waals surface area contributed by atoms with Crippen LogP contribution in [0, 0.1) is 11.8 Å². The minimum absolute atomic E-state index is 0.0166. The average Bonchev–Trinajstić information content (AvgIpc) is 2.38. The van der Waals surface area contributed by atoms with Crippen LogP contribution in [0.4, 0.5) is 0 Å². The van der Waals surface area contributed by atoms with Crippen LogP contribution in [0.1, 0.15) is 46.5 Å². The molecule has 0 radical (unpaired) electrons. The number of carbonyl (C=O) groups excluding carboxylic acids is 2. The van der Waals surface area contributed by atoms with Crippen LogP contribution in [0.2, 0.25) is 0 Å². The molecule has 0 spiro atoms. The average molecular weight is 284 g/mol. The zero-order chi connectivity index (χ0) is 15.1. The van der Waals surface area contributed by atoms with Crippen LogP contribution in [0.15, 0.2) is 0 Å². The van der Waals surface area contributed by atoms with Crippen LogP contribution >= 0.6 is 0 Å². The molecule has 20 heavy (non-hydrogen) atoms. The van der Waals surface area contributed by atoms with Crippen LogP contribution in [0.25, 0.3) is 0 Å². The van der Waals surface area contributed by atoms with Crippen molar-refractivity contribution in [2.75, 3.05) is 19.7 Å². The van der Waals surface area contributed by atoms with E-state index in [1.807, 2.05) is 13.8 Å². The highest BCUT2D eigenvalue weighted by Crippen LogP contribution is 2.25. The van der Waals surface area contributed by atoms with Gasteiger partial charge in [-0.05, 0) is 38.5 Å². The molecule has 0 aliphatic heterocycles. The van der Waals surface area contributed by atoms with Crippen LogP contribution < -0.4 is 5.73 Å². The van der Waals surface area contributed by atoms with Crippen molar-refractivity contribution in [3.05, 3.63) is 0 Å². The topological polar surface area (TPSA) is 72.6 Å². The monoisotopic (exact) mass is 284 g/mol. The second kappa shape index (κ2) is 8.25. The maximum atomic E-state index is 12.6. The maximum absolute atomic E-state index is 12.6. The van der Waals surface area contributed by atoms with Crippen molar-refractivity contribution in [1.82, 2.24) is 4.90 Å². The summed E-state index contributed by atoms with van der Waals surface area (Å²) in [7, 11) is 0. The van der Waals surface area contributed by atoms with Gasteiger partial charge in [0.2, 0.25) is 5.91 Å². The third-order valence-corrected chi connectivity index (χ3v) is 3.64. The normalized spacial score (nSPS) is 22.6. The second-order valence-corrected chi connectivity index (χ2v) is 6.03. The van der Waals surface area contributed by atoms with Crippen molar-refractivity contribution in [3.63, 3.8) is 0 Å². The van der Waals surface area contributed by atoms with E-state index < -0.39 is 0 Å². The van der Waals surface area contributed by atoms with Gasteiger partial charge in [0.05, 0.1) is 6.61 Å². The molecule has 0 aromatic carbocycles. The first-order valence-corrected chi connectivity index (χ1v) is 7.64. The van der Waals surface area contributed by atoms with Gasteiger partial charge in [0.25, 0.3) is 0 Å². The molecular formula is C15H28N2O3. The predicted molar refractivity (Wildman–Crippen MR) is 78.0 cm³/mol. The second-order valence-electron chi connectivity index (χ2n) is 6.03. The molecule has 116 valence electrons. The zero-order valence-corrected chi connectivity index (χ0v) is 12.9. The summed E-state index contributed by atoms with van der Waals surface area (Å²) in [5, 5.41) is 0. The lowest BCUT2D eigenvalue weighted by atomic mass is 9.85. The van der Waals surface area contributed by atoms with Gasteiger partial charge >= 0.3 is 5.97 Å². The smallest absolute Gasteiger partial charge is 0.325 e. The molecule has 0 aromatic heterocycles. The fraction of sp³-hybridized carbons (Fsp3) is 0.867. The Morgan fingerprint density at radius 2 is 1.85 bits per heavy atom. The lowest BCUT2D eigenvalue weighted by Gasteiger charge is -2.31. The van der Waals surface area contributed by atoms with Crippen LogP contribution in [-0.2, 0) is 14.3 Å². The minimum atomic E-state index is -0.325. The summed E-state index contributed by atoms with van der Waals surface area (Å²) in [5.41, 5.74) is 5.88. The molecule has 5 heteroatoms. The SMILES string of the molecule is CCOC(=O)CN(CC(C)C)C(=O)C1CCC(N)CC1. The van der Waals surface area contributed by atoms with Gasteiger partial charge in [-0.15, -0.1) is 0 Å². The molecule has 0 heterocycles. The van der Waals surface area contributed by atoms with Gasteiger partial charge in [0.15, 0.2) is 0 Å². The quantitative estimate of drug-likeness (QED) is 0.751. The predicted octanol–water partition coefficient (Wildman–Crippen LogP) is 1.55. The standard InChI is InChI=1S/C15H28N2O3/c1-4-20-14(18)10-17(9-11(2)3)15(19)12-5-7-13(16)8-6-12/h11-13H,4-10,16H2,1-3H3. The lowest BCUT2D eigenvalue weighted by molar-refractivity contribution is -0.151. The maximum Gasteiger partial charge on any atom is 0.325 e. The van der Waals surface area contributed by atoms with E-state index in [0.717, 1.165) is 25.7 Å². The Kier molecular flexibility index (Phi) is 6.99. The molecule has 2 N–H and O–H groups in total. The van der Waals surface area contributed by atoms with Crippen molar-refractivity contribution in [1.29, 1.82) is 0 Å². The van der Waals surface area contributed by atoms with Crippen molar-refractivity contribution in [2.45, 2.75) is 52.5 Å². The molecule has 0 bridgehead atoms. The molecule has 1 saturated carbocycles. The van der Waals surface area contributed by atoms with Gasteiger partial charge in [-0.1, -0.05) is 13.8 Å². The third-order valence-electron chi connectivity index (χ3n) is 3.64. The van der Waals surface area contributed by atoms with Crippen molar-refractivity contribution < 1.29 is 14.3 Å². The highest BCUT2D eigenvalue weighted by molar-refractivity contribution is 5.83. The van der Waals surface area contributed by atoms with E-state index in [0.29, 0.717) is 19.1 Å². The van der Waals surface area contributed by atoms with Gasteiger partial charge in [0, 0.05) is 18.5 Å². The first-order valence-electron chi connectivity index (χ1n) is 7.64. The van der Waals surface area contributed by atoms with Gasteiger partial charge in [-0.2, -0.15) is 0 Å². The van der Waals surface area contributed by atoms with Crippen LogP contribution in [0.5, 0.6) is 0 Å². The first-order chi connectivity index (χ1) is 9.43. The minimum Gasteiger partial charge on any atom is -0.465 e. The highest BCUT2D eigenvalue weighted by atomic mass is 16.5. The molecule has 1 aliphatic carbocycles. The number of amides is 1. The summed E-state index contributed by atoms with van der Waals surface area (Å²) in [6, 6.07) is 0.225. The number of carbonyl (C=O) groups is 2. The zero-order valence-electron chi connectivity index (χ0n) is 12.9. The largest absolute Gasteiger partial charge is 0.465 e. The number of esters is 1. The van der Waals surface area contributed by atoms with Gasteiger partial charge in [-0.3, -0.25) is 9.59 Å². The Morgan fingerprint density at radius 3 is 2.35 bits per heavy atom. The molecule has 0 unspecified atom stereocenters. The molecule has 5 nitrogen and oxygen atoms in total. The van der Waals surface area contributed by atoms with Gasteiger partial charge in [0.1, 0.15) is 6.54 Å². The molecule has 0 atom stereocenters. The molecule has 1 aliphatic rings. The van der Waals surface area contributed by atoms with E-state index in [2.05, 4.69) is 0 Å². The lowest BCUT2D eigenvalue weighted by Crippen LogP contribution is -2.44. The van der Waals surface area contributed by atoms with E-state index in [4.69, 9.17) is 10.5 Å². The molecule has 0 aromatic rings. The van der Waals surface area contributed by atoms with Gasteiger partial charge in [-0.25, -0.2) is 0 Å². The third kappa shape index (κ3) is 5.49. The van der Waals surface area contributed by atoms with Gasteiger partial charge < -0.3 is 15.4 Å². The number of rotatable bonds is 6. The number of hydrogen-bond donors (Lipinski definition) is 1. The number of nitrogens with two attached hydrogens (primary N) is 1. The molecule has 1 amide bonds. The van der Waals surface area contributed by atoms with Crippen LogP contribution in [-0.4, -0.2) is 42.5 Å². The highest BCUT2D eigenvalue weighted by Gasteiger charge is 2.29.